The van der Waals surface area contributed by atoms with Crippen molar-refractivity contribution in [2.75, 3.05) is 13.1 Å². The van der Waals surface area contributed by atoms with Gasteiger partial charge in [0.25, 0.3) is 0 Å². The Kier molecular flexibility index (Phi) is 5.67. The van der Waals surface area contributed by atoms with Crippen molar-refractivity contribution in [3.63, 3.8) is 0 Å². The van der Waals surface area contributed by atoms with Crippen molar-refractivity contribution in [3.8, 4) is 6.07 Å². The van der Waals surface area contributed by atoms with Gasteiger partial charge in [-0.1, -0.05) is 23.7 Å². The second kappa shape index (κ2) is 7.03. The maximum Gasteiger partial charge on any atom is 0.240 e. The Bertz CT molecular complexity index is 449. The van der Waals surface area contributed by atoms with E-state index in [1.807, 2.05) is 26.0 Å². The van der Waals surface area contributed by atoms with E-state index in [1.165, 1.54) is 0 Å². The highest BCUT2D eigenvalue weighted by Crippen LogP contribution is 2.15. The molecule has 0 fully saturated rings. The number of carbonyl (C=O) groups is 1. The van der Waals surface area contributed by atoms with Gasteiger partial charge in [0.2, 0.25) is 5.91 Å². The van der Waals surface area contributed by atoms with Crippen LogP contribution in [0.5, 0.6) is 0 Å². The van der Waals surface area contributed by atoms with E-state index < -0.39 is 5.92 Å². The number of hydrogen-bond acceptors (Lipinski definition) is 2. The molecule has 0 aromatic heterocycles. The summed E-state index contributed by atoms with van der Waals surface area (Å²) in [7, 11) is 0. The van der Waals surface area contributed by atoms with Gasteiger partial charge < -0.3 is 4.90 Å². The molecular weight excluding hydrogens is 248 g/mol. The number of rotatable bonds is 5. The molecule has 1 aromatic carbocycles. The van der Waals surface area contributed by atoms with Gasteiger partial charge in [-0.25, -0.2) is 0 Å². The Morgan fingerprint density at radius 3 is 2.61 bits per heavy atom. The second-order valence-electron chi connectivity index (χ2n) is 4.03. The quantitative estimate of drug-likeness (QED) is 0.821. The lowest BCUT2D eigenvalue weighted by Crippen LogP contribution is -2.36. The van der Waals surface area contributed by atoms with Crippen LogP contribution in [0.1, 0.15) is 19.4 Å². The lowest BCUT2D eigenvalue weighted by Gasteiger charge is -2.21. The second-order valence-corrected chi connectivity index (χ2v) is 4.46. The number of carbonyl (C=O) groups excluding carboxylic acids is 1. The van der Waals surface area contributed by atoms with Crippen LogP contribution in [0.15, 0.2) is 24.3 Å². The minimum atomic E-state index is -0.636. The summed E-state index contributed by atoms with van der Waals surface area (Å²) in [5.41, 5.74) is 0.912. The molecule has 1 amide bonds. The lowest BCUT2D eigenvalue weighted by atomic mass is 9.99. The molecule has 4 heteroatoms. The molecule has 0 aliphatic heterocycles. The summed E-state index contributed by atoms with van der Waals surface area (Å²) >= 11 is 5.89. The number of halogens is 1. The van der Waals surface area contributed by atoms with Gasteiger partial charge in [-0.05, 0) is 38.0 Å². The average Bonchev–Trinajstić information content (AvgIpc) is 2.37. The van der Waals surface area contributed by atoms with Gasteiger partial charge in [0.15, 0.2) is 0 Å². The van der Waals surface area contributed by atoms with E-state index in [0.717, 1.165) is 5.56 Å². The molecule has 0 spiro atoms. The molecule has 96 valence electrons. The van der Waals surface area contributed by atoms with Crippen molar-refractivity contribution in [1.29, 1.82) is 5.26 Å². The predicted molar refractivity (Wildman–Crippen MR) is 72.2 cm³/mol. The molecule has 0 bridgehead atoms. The summed E-state index contributed by atoms with van der Waals surface area (Å²) < 4.78 is 0. The van der Waals surface area contributed by atoms with Crippen LogP contribution < -0.4 is 0 Å². The summed E-state index contributed by atoms with van der Waals surface area (Å²) in [6.07, 6.45) is 0.409. The fourth-order valence-corrected chi connectivity index (χ4v) is 2.06. The summed E-state index contributed by atoms with van der Waals surface area (Å²) in [4.78, 5) is 13.8. The van der Waals surface area contributed by atoms with Gasteiger partial charge in [-0.15, -0.1) is 0 Å². The van der Waals surface area contributed by atoms with Crippen LogP contribution in [0.2, 0.25) is 5.02 Å². The summed E-state index contributed by atoms with van der Waals surface area (Å²) in [6.45, 7) is 5.08. The van der Waals surface area contributed by atoms with E-state index >= 15 is 0 Å². The zero-order valence-corrected chi connectivity index (χ0v) is 11.4. The van der Waals surface area contributed by atoms with E-state index in [4.69, 9.17) is 16.9 Å². The zero-order chi connectivity index (χ0) is 13.5. The summed E-state index contributed by atoms with van der Waals surface area (Å²) in [5, 5.41) is 9.76. The van der Waals surface area contributed by atoms with Crippen LogP contribution in [0.3, 0.4) is 0 Å². The minimum Gasteiger partial charge on any atom is -0.342 e. The highest BCUT2D eigenvalue weighted by atomic mass is 35.5. The molecule has 0 saturated carbocycles. The fourth-order valence-electron chi connectivity index (χ4n) is 1.84. The standard InChI is InChI=1S/C14H17ClN2O/c1-3-17(4-2)14(18)12(10-16)8-11-6-5-7-13(15)9-11/h5-7,9,12H,3-4,8H2,1-2H3. The third-order valence-corrected chi connectivity index (χ3v) is 3.09. The lowest BCUT2D eigenvalue weighted by molar-refractivity contribution is -0.133. The third-order valence-electron chi connectivity index (χ3n) is 2.86. The minimum absolute atomic E-state index is 0.109. The van der Waals surface area contributed by atoms with Crippen molar-refractivity contribution >= 4 is 17.5 Å². The van der Waals surface area contributed by atoms with E-state index in [2.05, 4.69) is 6.07 Å². The first-order valence-electron chi connectivity index (χ1n) is 6.05. The number of hydrogen-bond donors (Lipinski definition) is 0. The van der Waals surface area contributed by atoms with Gasteiger partial charge in [-0.2, -0.15) is 5.26 Å². The molecule has 0 N–H and O–H groups in total. The molecule has 1 unspecified atom stereocenters. The maximum atomic E-state index is 12.1. The highest BCUT2D eigenvalue weighted by Gasteiger charge is 2.22. The first-order chi connectivity index (χ1) is 8.62. The van der Waals surface area contributed by atoms with E-state index in [1.54, 1.807) is 17.0 Å². The summed E-state index contributed by atoms with van der Waals surface area (Å²) in [6, 6.07) is 9.36. The Morgan fingerprint density at radius 1 is 1.44 bits per heavy atom. The normalized spacial score (nSPS) is 11.7. The number of nitrogens with zero attached hydrogens (tertiary/aromatic N) is 2. The van der Waals surface area contributed by atoms with Crippen molar-refractivity contribution < 1.29 is 4.79 Å². The molecule has 0 saturated heterocycles. The fraction of sp³-hybridized carbons (Fsp3) is 0.429. The number of amides is 1. The smallest absolute Gasteiger partial charge is 0.240 e. The average molecular weight is 265 g/mol. The molecular formula is C14H17ClN2O. The molecule has 1 atom stereocenters. The number of benzene rings is 1. The maximum absolute atomic E-state index is 12.1. The Hall–Kier alpha value is -1.53. The third kappa shape index (κ3) is 3.75. The Morgan fingerprint density at radius 2 is 2.11 bits per heavy atom. The molecule has 3 nitrogen and oxygen atoms in total. The zero-order valence-electron chi connectivity index (χ0n) is 10.7. The first-order valence-corrected chi connectivity index (χ1v) is 6.43. The van der Waals surface area contributed by atoms with Crippen LogP contribution in [0, 0.1) is 17.2 Å². The monoisotopic (exact) mass is 264 g/mol. The van der Waals surface area contributed by atoms with Crippen LogP contribution in [-0.2, 0) is 11.2 Å². The van der Waals surface area contributed by atoms with Gasteiger partial charge in [-0.3, -0.25) is 4.79 Å². The highest BCUT2D eigenvalue weighted by molar-refractivity contribution is 6.30. The SMILES string of the molecule is CCN(CC)C(=O)C(C#N)Cc1cccc(Cl)c1. The van der Waals surface area contributed by atoms with Crippen molar-refractivity contribution in [1.82, 2.24) is 4.90 Å². The Labute approximate surface area is 113 Å². The van der Waals surface area contributed by atoms with Crippen molar-refractivity contribution in [2.24, 2.45) is 5.92 Å². The van der Waals surface area contributed by atoms with Crippen LogP contribution in [0.4, 0.5) is 0 Å². The van der Waals surface area contributed by atoms with Crippen molar-refractivity contribution in [3.05, 3.63) is 34.9 Å². The van der Waals surface area contributed by atoms with Gasteiger partial charge in [0.1, 0.15) is 5.92 Å². The van der Waals surface area contributed by atoms with Gasteiger partial charge in [0, 0.05) is 18.1 Å². The van der Waals surface area contributed by atoms with Crippen molar-refractivity contribution in [2.45, 2.75) is 20.3 Å². The van der Waals surface area contributed by atoms with Crippen LogP contribution >= 0.6 is 11.6 Å². The van der Waals surface area contributed by atoms with E-state index in [9.17, 15) is 4.79 Å². The van der Waals surface area contributed by atoms with Gasteiger partial charge >= 0.3 is 0 Å². The topological polar surface area (TPSA) is 44.1 Å². The van der Waals surface area contributed by atoms with Gasteiger partial charge in [0.05, 0.1) is 6.07 Å². The molecule has 0 aliphatic carbocycles. The Balaban J connectivity index is 2.80. The molecule has 0 radical (unpaired) electrons. The van der Waals surface area contributed by atoms with E-state index in [-0.39, 0.29) is 5.91 Å². The van der Waals surface area contributed by atoms with E-state index in [0.29, 0.717) is 24.5 Å². The molecule has 18 heavy (non-hydrogen) atoms. The molecule has 0 heterocycles. The largest absolute Gasteiger partial charge is 0.342 e. The predicted octanol–water partition coefficient (Wildman–Crippen LogP) is 2.89. The number of nitriles is 1. The first kappa shape index (κ1) is 14.5. The molecule has 1 aromatic rings. The molecule has 1 rings (SSSR count). The molecule has 0 aliphatic rings. The van der Waals surface area contributed by atoms with Crippen LogP contribution in [-0.4, -0.2) is 23.9 Å². The summed E-state index contributed by atoms with van der Waals surface area (Å²) in [5.74, 6) is -0.745. The van der Waals surface area contributed by atoms with Crippen LogP contribution in [0.25, 0.3) is 0 Å².